The molecular weight excluding hydrogens is 386 g/mol. The Kier molecular flexibility index (Phi) is 5.60. The Bertz CT molecular complexity index is 1050. The van der Waals surface area contributed by atoms with E-state index in [-0.39, 0.29) is 12.0 Å². The molecule has 1 amide bonds. The van der Waals surface area contributed by atoms with Gasteiger partial charge in [0.25, 0.3) is 5.91 Å². The van der Waals surface area contributed by atoms with Gasteiger partial charge in [0.2, 0.25) is 0 Å². The van der Waals surface area contributed by atoms with E-state index in [1.807, 2.05) is 27.8 Å². The highest BCUT2D eigenvalue weighted by Crippen LogP contribution is 2.29. The van der Waals surface area contributed by atoms with E-state index in [0.717, 1.165) is 55.5 Å². The minimum absolute atomic E-state index is 0.0170. The summed E-state index contributed by atoms with van der Waals surface area (Å²) in [5.41, 5.74) is 6.29. The first kappa shape index (κ1) is 20.0. The molecule has 0 bridgehead atoms. The highest BCUT2D eigenvalue weighted by atomic mass is 16.5. The minimum Gasteiger partial charge on any atom is -0.376 e. The van der Waals surface area contributed by atoms with Crippen molar-refractivity contribution in [3.8, 4) is 5.69 Å². The number of nitrogens with zero attached hydrogens (tertiary/aromatic N) is 3. The number of carbonyl (C=O) groups is 1. The molecule has 1 atom stereocenters. The van der Waals surface area contributed by atoms with Crippen molar-refractivity contribution < 1.29 is 9.53 Å². The molecule has 2 aromatic carbocycles. The predicted octanol–water partition coefficient (Wildman–Crippen LogP) is 4.49. The van der Waals surface area contributed by atoms with Crippen LogP contribution in [0.1, 0.15) is 52.1 Å². The maximum atomic E-state index is 13.8. The summed E-state index contributed by atoms with van der Waals surface area (Å²) in [7, 11) is 0. The highest BCUT2D eigenvalue weighted by Gasteiger charge is 2.31. The number of aromatic nitrogens is 2. The average Bonchev–Trinajstić information content (AvgIpc) is 3.53. The molecule has 1 aliphatic carbocycles. The van der Waals surface area contributed by atoms with Gasteiger partial charge in [-0.2, -0.15) is 5.10 Å². The van der Waals surface area contributed by atoms with E-state index in [9.17, 15) is 4.79 Å². The van der Waals surface area contributed by atoms with Crippen molar-refractivity contribution in [3.63, 3.8) is 0 Å². The summed E-state index contributed by atoms with van der Waals surface area (Å²) in [4.78, 5) is 15.7. The van der Waals surface area contributed by atoms with Crippen LogP contribution in [0.4, 0.5) is 0 Å². The van der Waals surface area contributed by atoms with Gasteiger partial charge < -0.3 is 9.64 Å². The van der Waals surface area contributed by atoms with Crippen LogP contribution in [0.3, 0.4) is 0 Å². The topological polar surface area (TPSA) is 47.4 Å². The summed E-state index contributed by atoms with van der Waals surface area (Å²) in [5.74, 6) is 0.0170. The van der Waals surface area contributed by atoms with E-state index in [1.54, 1.807) is 0 Å². The molecule has 2 aliphatic rings. The largest absolute Gasteiger partial charge is 0.376 e. The fourth-order valence-electron chi connectivity index (χ4n) is 4.72. The summed E-state index contributed by atoms with van der Waals surface area (Å²) in [6.45, 7) is 4.06. The van der Waals surface area contributed by atoms with Crippen molar-refractivity contribution in [2.45, 2.75) is 51.7 Å². The maximum Gasteiger partial charge on any atom is 0.275 e. The minimum atomic E-state index is 0.0170. The summed E-state index contributed by atoms with van der Waals surface area (Å²) in [6, 6.07) is 18.6. The molecular formula is C26H29N3O2. The van der Waals surface area contributed by atoms with E-state index in [1.165, 1.54) is 11.3 Å². The summed E-state index contributed by atoms with van der Waals surface area (Å²) in [6.07, 6.45) is 5.14. The molecule has 0 spiro atoms. The van der Waals surface area contributed by atoms with E-state index >= 15 is 0 Å². The Hall–Kier alpha value is -2.92. The van der Waals surface area contributed by atoms with Crippen LogP contribution in [-0.2, 0) is 24.1 Å². The van der Waals surface area contributed by atoms with Crippen LogP contribution in [0.2, 0.25) is 0 Å². The fraction of sp³-hybridized carbons (Fsp3) is 0.385. The Morgan fingerprint density at radius 1 is 1.10 bits per heavy atom. The van der Waals surface area contributed by atoms with Gasteiger partial charge >= 0.3 is 0 Å². The molecule has 2 heterocycles. The van der Waals surface area contributed by atoms with Crippen LogP contribution in [0.5, 0.6) is 0 Å². The van der Waals surface area contributed by atoms with Gasteiger partial charge in [-0.15, -0.1) is 0 Å². The molecule has 3 aromatic rings. The smallest absolute Gasteiger partial charge is 0.275 e. The molecule has 0 N–H and O–H groups in total. The molecule has 5 heteroatoms. The Morgan fingerprint density at radius 2 is 1.90 bits per heavy atom. The third-order valence-corrected chi connectivity index (χ3v) is 6.36. The van der Waals surface area contributed by atoms with E-state index in [0.29, 0.717) is 18.8 Å². The Balaban J connectivity index is 1.48. The molecule has 5 nitrogen and oxygen atoms in total. The maximum absolute atomic E-state index is 13.8. The molecule has 1 fully saturated rings. The number of hydrogen-bond donors (Lipinski definition) is 0. The van der Waals surface area contributed by atoms with E-state index in [4.69, 9.17) is 9.84 Å². The summed E-state index contributed by atoms with van der Waals surface area (Å²) in [5, 5.41) is 4.85. The first-order chi connectivity index (χ1) is 15.2. The van der Waals surface area contributed by atoms with Gasteiger partial charge in [0.05, 0.1) is 11.8 Å². The van der Waals surface area contributed by atoms with Gasteiger partial charge in [0.15, 0.2) is 5.69 Å². The second kappa shape index (κ2) is 8.67. The lowest BCUT2D eigenvalue weighted by atomic mass is 10.1. The number of amides is 1. The van der Waals surface area contributed by atoms with Crippen molar-refractivity contribution >= 4 is 5.91 Å². The second-order valence-corrected chi connectivity index (χ2v) is 8.68. The Morgan fingerprint density at radius 3 is 2.65 bits per heavy atom. The molecule has 1 saturated heterocycles. The monoisotopic (exact) mass is 415 g/mol. The van der Waals surface area contributed by atoms with Crippen LogP contribution in [0, 0.1) is 6.92 Å². The van der Waals surface area contributed by atoms with Crippen LogP contribution in [0.15, 0.2) is 54.6 Å². The van der Waals surface area contributed by atoms with Gasteiger partial charge in [0.1, 0.15) is 0 Å². The normalized spacial score (nSPS) is 17.6. The van der Waals surface area contributed by atoms with Crippen LogP contribution in [0.25, 0.3) is 5.69 Å². The first-order valence-corrected chi connectivity index (χ1v) is 11.3. The van der Waals surface area contributed by atoms with Gasteiger partial charge in [-0.1, -0.05) is 48.0 Å². The van der Waals surface area contributed by atoms with Gasteiger partial charge in [-0.25, -0.2) is 4.68 Å². The zero-order valence-corrected chi connectivity index (χ0v) is 18.1. The molecule has 0 saturated carbocycles. The number of aryl methyl sites for hydroxylation is 1. The van der Waals surface area contributed by atoms with Crippen LogP contribution in [-0.4, -0.2) is 39.8 Å². The van der Waals surface area contributed by atoms with E-state index < -0.39 is 0 Å². The van der Waals surface area contributed by atoms with Gasteiger partial charge in [-0.3, -0.25) is 4.79 Å². The van der Waals surface area contributed by atoms with Crippen molar-refractivity contribution in [2.75, 3.05) is 13.2 Å². The van der Waals surface area contributed by atoms with Gasteiger partial charge in [0, 0.05) is 31.0 Å². The molecule has 31 heavy (non-hydrogen) atoms. The zero-order chi connectivity index (χ0) is 21.2. The van der Waals surface area contributed by atoms with Crippen LogP contribution < -0.4 is 0 Å². The second-order valence-electron chi connectivity index (χ2n) is 8.68. The molecule has 5 rings (SSSR count). The van der Waals surface area contributed by atoms with Crippen LogP contribution >= 0.6 is 0 Å². The molecule has 1 aromatic heterocycles. The average molecular weight is 416 g/mol. The number of ether oxygens (including phenoxy) is 1. The zero-order valence-electron chi connectivity index (χ0n) is 18.1. The first-order valence-electron chi connectivity index (χ1n) is 11.3. The van der Waals surface area contributed by atoms with Crippen molar-refractivity contribution in [3.05, 3.63) is 82.7 Å². The molecule has 1 unspecified atom stereocenters. The quantitative estimate of drug-likeness (QED) is 0.596. The van der Waals surface area contributed by atoms with E-state index in [2.05, 4.69) is 43.3 Å². The number of hydrogen-bond acceptors (Lipinski definition) is 3. The number of carbonyl (C=O) groups excluding carboxylic acids is 1. The Labute approximate surface area is 183 Å². The molecule has 1 aliphatic heterocycles. The lowest BCUT2D eigenvalue weighted by Crippen LogP contribution is -2.37. The van der Waals surface area contributed by atoms with Crippen molar-refractivity contribution in [1.82, 2.24) is 14.7 Å². The van der Waals surface area contributed by atoms with Crippen molar-refractivity contribution in [1.29, 1.82) is 0 Å². The molecule has 160 valence electrons. The highest BCUT2D eigenvalue weighted by molar-refractivity contribution is 5.94. The third-order valence-electron chi connectivity index (χ3n) is 6.36. The fourth-order valence-corrected chi connectivity index (χ4v) is 4.72. The SMILES string of the molecule is Cc1ccc(-n2nc(C(=O)N(Cc3ccccc3)CC3CCCO3)c3c2CCC3)cc1. The standard InChI is InChI=1S/C26H29N3O2/c1-19-12-14-21(15-13-19)29-24-11-5-10-23(24)25(27-29)26(30)28(18-22-9-6-16-31-22)17-20-7-3-2-4-8-20/h2-4,7-8,12-15,22H,5-6,9-11,16-18H2,1H3. The lowest BCUT2D eigenvalue weighted by Gasteiger charge is -2.25. The molecule has 0 radical (unpaired) electrons. The third kappa shape index (κ3) is 4.15. The number of rotatable bonds is 6. The summed E-state index contributed by atoms with van der Waals surface area (Å²) >= 11 is 0. The van der Waals surface area contributed by atoms with Crippen molar-refractivity contribution in [2.24, 2.45) is 0 Å². The number of benzene rings is 2. The number of fused-ring (bicyclic) bond motifs is 1. The predicted molar refractivity (Wildman–Crippen MR) is 120 cm³/mol. The van der Waals surface area contributed by atoms with Gasteiger partial charge in [-0.05, 0) is 56.7 Å². The summed E-state index contributed by atoms with van der Waals surface area (Å²) < 4.78 is 7.85. The lowest BCUT2D eigenvalue weighted by molar-refractivity contribution is 0.0501.